The zero-order valence-corrected chi connectivity index (χ0v) is 16.2. The number of carbonyl (C=O) groups excluding carboxylic acids is 2. The van der Waals surface area contributed by atoms with E-state index in [9.17, 15) is 9.59 Å². The summed E-state index contributed by atoms with van der Waals surface area (Å²) in [7, 11) is 4.84. The van der Waals surface area contributed by atoms with Gasteiger partial charge in [-0.05, 0) is 37.1 Å². The molecular weight excluding hydrogens is 332 g/mol. The molecule has 0 saturated heterocycles. The number of methoxy groups -OCH3 is 1. The molecule has 2 aromatic rings. The number of benzene rings is 1. The summed E-state index contributed by atoms with van der Waals surface area (Å²) in [4.78, 5) is 26.5. The number of hydrogen-bond acceptors (Lipinski definition) is 4. The molecule has 7 nitrogen and oxygen atoms in total. The molecule has 0 aliphatic heterocycles. The van der Waals surface area contributed by atoms with Gasteiger partial charge in [0.15, 0.2) is 0 Å². The third-order valence-electron chi connectivity index (χ3n) is 4.02. The van der Waals surface area contributed by atoms with Gasteiger partial charge in [0.2, 0.25) is 0 Å². The van der Waals surface area contributed by atoms with Gasteiger partial charge in [-0.2, -0.15) is 5.10 Å². The SMILES string of the molecule is CCn1nc(C(C)C)cc1C(=O)Nc1ccc(OC)c(C(=O)N(C)C)c1. The third-order valence-corrected chi connectivity index (χ3v) is 4.02. The van der Waals surface area contributed by atoms with Gasteiger partial charge in [0.1, 0.15) is 11.4 Å². The van der Waals surface area contributed by atoms with Crippen LogP contribution in [0.25, 0.3) is 0 Å². The molecule has 7 heteroatoms. The maximum Gasteiger partial charge on any atom is 0.273 e. The predicted octanol–water partition coefficient (Wildman–Crippen LogP) is 2.99. The summed E-state index contributed by atoms with van der Waals surface area (Å²) >= 11 is 0. The summed E-state index contributed by atoms with van der Waals surface area (Å²) in [5.74, 6) is 0.236. The van der Waals surface area contributed by atoms with Crippen molar-refractivity contribution < 1.29 is 14.3 Å². The van der Waals surface area contributed by atoms with Gasteiger partial charge in [0.05, 0.1) is 18.4 Å². The van der Waals surface area contributed by atoms with Crippen molar-refractivity contribution in [2.45, 2.75) is 33.2 Å². The van der Waals surface area contributed by atoms with Crippen molar-refractivity contribution in [3.63, 3.8) is 0 Å². The van der Waals surface area contributed by atoms with E-state index >= 15 is 0 Å². The second kappa shape index (κ2) is 8.03. The normalized spacial score (nSPS) is 10.7. The minimum absolute atomic E-state index is 0.196. The summed E-state index contributed by atoms with van der Waals surface area (Å²) < 4.78 is 6.93. The van der Waals surface area contributed by atoms with Crippen LogP contribution in [0.15, 0.2) is 24.3 Å². The molecule has 1 heterocycles. The third kappa shape index (κ3) is 4.04. The van der Waals surface area contributed by atoms with Crippen molar-refractivity contribution in [2.75, 3.05) is 26.5 Å². The Kier molecular flexibility index (Phi) is 6.02. The highest BCUT2D eigenvalue weighted by atomic mass is 16.5. The Labute approximate surface area is 153 Å². The molecule has 2 rings (SSSR count). The number of amides is 2. The Bertz CT molecular complexity index is 809. The fourth-order valence-corrected chi connectivity index (χ4v) is 2.53. The molecule has 140 valence electrons. The number of carbonyl (C=O) groups is 2. The number of aromatic nitrogens is 2. The summed E-state index contributed by atoms with van der Waals surface area (Å²) in [5, 5.41) is 7.31. The van der Waals surface area contributed by atoms with Crippen molar-refractivity contribution in [1.29, 1.82) is 0 Å². The van der Waals surface area contributed by atoms with Gasteiger partial charge >= 0.3 is 0 Å². The molecule has 0 aliphatic carbocycles. The first-order valence-electron chi connectivity index (χ1n) is 8.57. The zero-order chi connectivity index (χ0) is 19.4. The Morgan fingerprint density at radius 3 is 2.50 bits per heavy atom. The fraction of sp³-hybridized carbons (Fsp3) is 0.421. The molecule has 1 N–H and O–H groups in total. The van der Waals surface area contributed by atoms with E-state index < -0.39 is 0 Å². The lowest BCUT2D eigenvalue weighted by Gasteiger charge is -2.15. The first-order valence-corrected chi connectivity index (χ1v) is 8.57. The van der Waals surface area contributed by atoms with E-state index in [1.165, 1.54) is 12.0 Å². The highest BCUT2D eigenvalue weighted by Crippen LogP contribution is 2.24. The van der Waals surface area contributed by atoms with E-state index in [4.69, 9.17) is 4.74 Å². The van der Waals surface area contributed by atoms with Gasteiger partial charge in [-0.3, -0.25) is 14.3 Å². The van der Waals surface area contributed by atoms with Gasteiger partial charge in [-0.15, -0.1) is 0 Å². The number of anilines is 1. The molecule has 1 aromatic heterocycles. The molecule has 0 radical (unpaired) electrons. The monoisotopic (exact) mass is 358 g/mol. The topological polar surface area (TPSA) is 76.5 Å². The smallest absolute Gasteiger partial charge is 0.273 e. The first-order chi connectivity index (χ1) is 12.3. The van der Waals surface area contributed by atoms with Crippen LogP contribution in [0, 0.1) is 0 Å². The molecule has 0 fully saturated rings. The highest BCUT2D eigenvalue weighted by molar-refractivity contribution is 6.04. The molecule has 0 aliphatic rings. The van der Waals surface area contributed by atoms with Gasteiger partial charge in [-0.25, -0.2) is 0 Å². The average Bonchev–Trinajstić information content (AvgIpc) is 3.05. The second-order valence-corrected chi connectivity index (χ2v) is 6.49. The molecule has 1 aromatic carbocycles. The van der Waals surface area contributed by atoms with Crippen molar-refractivity contribution in [3.8, 4) is 5.75 Å². The highest BCUT2D eigenvalue weighted by Gasteiger charge is 2.19. The second-order valence-electron chi connectivity index (χ2n) is 6.49. The van der Waals surface area contributed by atoms with Crippen LogP contribution >= 0.6 is 0 Å². The number of rotatable bonds is 6. The van der Waals surface area contributed by atoms with E-state index in [1.807, 2.05) is 20.8 Å². The van der Waals surface area contributed by atoms with Crippen LogP contribution in [0.4, 0.5) is 5.69 Å². The van der Waals surface area contributed by atoms with Crippen LogP contribution < -0.4 is 10.1 Å². The minimum atomic E-state index is -0.264. The van der Waals surface area contributed by atoms with Gasteiger partial charge in [-0.1, -0.05) is 13.8 Å². The van der Waals surface area contributed by atoms with Crippen LogP contribution in [-0.2, 0) is 6.54 Å². The van der Waals surface area contributed by atoms with Gasteiger partial charge in [0, 0.05) is 26.3 Å². The van der Waals surface area contributed by atoms with Crippen LogP contribution in [0.2, 0.25) is 0 Å². The maximum absolute atomic E-state index is 12.7. The lowest BCUT2D eigenvalue weighted by molar-refractivity contribution is 0.0824. The Hall–Kier alpha value is -2.83. The van der Waals surface area contributed by atoms with Gasteiger partial charge < -0.3 is 15.0 Å². The number of aryl methyl sites for hydroxylation is 1. The summed E-state index contributed by atoms with van der Waals surface area (Å²) in [6.07, 6.45) is 0. The van der Waals surface area contributed by atoms with Crippen molar-refractivity contribution in [2.24, 2.45) is 0 Å². The summed E-state index contributed by atoms with van der Waals surface area (Å²) in [5.41, 5.74) is 2.28. The molecule has 0 saturated carbocycles. The van der Waals surface area contributed by atoms with Crippen LogP contribution in [0.5, 0.6) is 5.75 Å². The lowest BCUT2D eigenvalue weighted by Crippen LogP contribution is -2.23. The standard InChI is InChI=1S/C19H26N4O3/c1-7-23-16(11-15(21-23)12(2)3)18(24)20-13-8-9-17(26-6)14(10-13)19(25)22(4)5/h8-12H,7H2,1-6H3,(H,20,24). The fourth-order valence-electron chi connectivity index (χ4n) is 2.53. The molecule has 2 amide bonds. The quantitative estimate of drug-likeness (QED) is 0.861. The molecule has 0 bridgehead atoms. The summed E-state index contributed by atoms with van der Waals surface area (Å²) in [6.45, 7) is 6.61. The number of ether oxygens (including phenoxy) is 1. The van der Waals surface area contributed by atoms with Crippen LogP contribution in [0.3, 0.4) is 0 Å². The maximum atomic E-state index is 12.7. The molecule has 26 heavy (non-hydrogen) atoms. The van der Waals surface area contributed by atoms with Crippen molar-refractivity contribution in [1.82, 2.24) is 14.7 Å². The Morgan fingerprint density at radius 1 is 1.27 bits per heavy atom. The molecular formula is C19H26N4O3. The van der Waals surface area contributed by atoms with Crippen LogP contribution in [-0.4, -0.2) is 47.7 Å². The Balaban J connectivity index is 2.32. The average molecular weight is 358 g/mol. The van der Waals surface area contributed by atoms with Crippen molar-refractivity contribution in [3.05, 3.63) is 41.2 Å². The predicted molar refractivity (Wildman–Crippen MR) is 101 cm³/mol. The zero-order valence-electron chi connectivity index (χ0n) is 16.2. The number of nitrogens with zero attached hydrogens (tertiary/aromatic N) is 3. The minimum Gasteiger partial charge on any atom is -0.496 e. The molecule has 0 spiro atoms. The van der Waals surface area contributed by atoms with Crippen molar-refractivity contribution >= 4 is 17.5 Å². The van der Waals surface area contributed by atoms with Gasteiger partial charge in [0.25, 0.3) is 11.8 Å². The molecule has 0 unspecified atom stereocenters. The van der Waals surface area contributed by atoms with E-state index in [2.05, 4.69) is 10.4 Å². The largest absolute Gasteiger partial charge is 0.496 e. The lowest BCUT2D eigenvalue weighted by atomic mass is 10.1. The number of hydrogen-bond donors (Lipinski definition) is 1. The first kappa shape index (κ1) is 19.5. The molecule has 0 atom stereocenters. The van der Waals surface area contributed by atoms with E-state index in [0.29, 0.717) is 29.2 Å². The number of nitrogens with one attached hydrogen (secondary N) is 1. The van der Waals surface area contributed by atoms with E-state index in [-0.39, 0.29) is 17.7 Å². The van der Waals surface area contributed by atoms with E-state index in [1.54, 1.807) is 43.0 Å². The van der Waals surface area contributed by atoms with E-state index in [0.717, 1.165) is 5.69 Å². The van der Waals surface area contributed by atoms with Crippen LogP contribution in [0.1, 0.15) is 53.2 Å². The summed E-state index contributed by atoms with van der Waals surface area (Å²) in [6, 6.07) is 6.80. The Morgan fingerprint density at radius 2 is 1.96 bits per heavy atom.